The fraction of sp³-hybridized carbons (Fsp3) is 0.533. The van der Waals surface area contributed by atoms with E-state index in [1.807, 2.05) is 25.5 Å². The van der Waals surface area contributed by atoms with Crippen molar-refractivity contribution in [2.45, 2.75) is 25.9 Å². The topological polar surface area (TPSA) is 64.9 Å². The predicted octanol–water partition coefficient (Wildman–Crippen LogP) is 2.41. The van der Waals surface area contributed by atoms with Crippen LogP contribution >= 0.6 is 0 Å². The fourth-order valence-corrected chi connectivity index (χ4v) is 2.47. The van der Waals surface area contributed by atoms with E-state index in [1.165, 1.54) is 12.8 Å². The van der Waals surface area contributed by atoms with Gasteiger partial charge < -0.3 is 10.1 Å². The fourth-order valence-electron chi connectivity index (χ4n) is 2.47. The summed E-state index contributed by atoms with van der Waals surface area (Å²) in [6, 6.07) is 1.96. The second-order valence-electron chi connectivity index (χ2n) is 5.42. The molecule has 3 rings (SSSR count). The van der Waals surface area contributed by atoms with Crippen LogP contribution in [0.5, 0.6) is 0 Å². The number of hydrogen-bond donors (Lipinski definition) is 1. The standard InChI is InChI=1S/C15H21N5O/c1-4-16-13-7-12(11-8-17-20(2)9-11)18-15(19-13)14(21-3)10-5-6-10/h7-10,14H,4-6H2,1-3H3,(H,16,18,19). The van der Waals surface area contributed by atoms with Crippen molar-refractivity contribution < 1.29 is 4.74 Å². The Morgan fingerprint density at radius 3 is 2.81 bits per heavy atom. The summed E-state index contributed by atoms with van der Waals surface area (Å²) < 4.78 is 7.39. The quantitative estimate of drug-likeness (QED) is 0.884. The molecule has 1 aliphatic rings. The number of ether oxygens (including phenoxy) is 1. The highest BCUT2D eigenvalue weighted by Gasteiger charge is 2.34. The summed E-state index contributed by atoms with van der Waals surface area (Å²) in [5.74, 6) is 2.15. The van der Waals surface area contributed by atoms with Crippen molar-refractivity contribution in [3.8, 4) is 11.3 Å². The summed E-state index contributed by atoms with van der Waals surface area (Å²) in [4.78, 5) is 9.32. The summed E-state index contributed by atoms with van der Waals surface area (Å²) in [7, 11) is 3.63. The molecule has 1 unspecified atom stereocenters. The molecule has 21 heavy (non-hydrogen) atoms. The zero-order chi connectivity index (χ0) is 14.8. The molecule has 6 nitrogen and oxygen atoms in total. The van der Waals surface area contributed by atoms with Crippen molar-refractivity contribution in [3.63, 3.8) is 0 Å². The lowest BCUT2D eigenvalue weighted by molar-refractivity contribution is 0.0774. The lowest BCUT2D eigenvalue weighted by Gasteiger charge is -2.15. The molecule has 0 saturated heterocycles. The van der Waals surface area contributed by atoms with E-state index in [0.717, 1.165) is 29.4 Å². The number of anilines is 1. The van der Waals surface area contributed by atoms with Crippen LogP contribution in [-0.2, 0) is 11.8 Å². The van der Waals surface area contributed by atoms with Crippen molar-refractivity contribution in [1.82, 2.24) is 19.7 Å². The summed E-state index contributed by atoms with van der Waals surface area (Å²) >= 11 is 0. The molecule has 2 aromatic heterocycles. The first-order valence-electron chi connectivity index (χ1n) is 7.36. The van der Waals surface area contributed by atoms with Gasteiger partial charge in [-0.05, 0) is 25.7 Å². The highest BCUT2D eigenvalue weighted by atomic mass is 16.5. The van der Waals surface area contributed by atoms with E-state index in [1.54, 1.807) is 11.8 Å². The monoisotopic (exact) mass is 287 g/mol. The number of aromatic nitrogens is 4. The number of hydrogen-bond acceptors (Lipinski definition) is 5. The van der Waals surface area contributed by atoms with Gasteiger partial charge in [0.2, 0.25) is 0 Å². The molecular weight excluding hydrogens is 266 g/mol. The van der Waals surface area contributed by atoms with Crippen LogP contribution in [0.15, 0.2) is 18.5 Å². The average Bonchev–Trinajstić information content (AvgIpc) is 3.20. The number of nitrogens with zero attached hydrogens (tertiary/aromatic N) is 4. The van der Waals surface area contributed by atoms with Crippen LogP contribution in [-0.4, -0.2) is 33.4 Å². The molecular formula is C15H21N5O. The van der Waals surface area contributed by atoms with E-state index in [2.05, 4.69) is 22.3 Å². The smallest absolute Gasteiger partial charge is 0.160 e. The molecule has 1 atom stereocenters. The largest absolute Gasteiger partial charge is 0.373 e. The number of methoxy groups -OCH3 is 1. The van der Waals surface area contributed by atoms with Crippen LogP contribution in [0.4, 0.5) is 5.82 Å². The molecule has 0 aliphatic heterocycles. The molecule has 112 valence electrons. The van der Waals surface area contributed by atoms with Gasteiger partial charge in [0.25, 0.3) is 0 Å². The lowest BCUT2D eigenvalue weighted by atomic mass is 10.2. The molecule has 0 amide bonds. The molecule has 2 heterocycles. The minimum Gasteiger partial charge on any atom is -0.373 e. The lowest BCUT2D eigenvalue weighted by Crippen LogP contribution is -2.11. The molecule has 0 spiro atoms. The Hall–Kier alpha value is -1.95. The number of aryl methyl sites for hydroxylation is 1. The molecule has 0 bridgehead atoms. The highest BCUT2D eigenvalue weighted by Crippen LogP contribution is 2.42. The van der Waals surface area contributed by atoms with Gasteiger partial charge in [0, 0.05) is 38.5 Å². The van der Waals surface area contributed by atoms with Gasteiger partial charge in [0.1, 0.15) is 11.9 Å². The SMILES string of the molecule is CCNc1cc(-c2cnn(C)c2)nc(C(OC)C2CC2)n1. The van der Waals surface area contributed by atoms with Crippen LogP contribution in [0.25, 0.3) is 11.3 Å². The third-order valence-corrected chi connectivity index (χ3v) is 3.66. The first kappa shape index (κ1) is 14.0. The normalized spacial score (nSPS) is 16.0. The van der Waals surface area contributed by atoms with Crippen molar-refractivity contribution >= 4 is 5.82 Å². The first-order chi connectivity index (χ1) is 10.2. The van der Waals surface area contributed by atoms with Crippen molar-refractivity contribution in [1.29, 1.82) is 0 Å². The van der Waals surface area contributed by atoms with Gasteiger partial charge in [-0.1, -0.05) is 0 Å². The van der Waals surface area contributed by atoms with Crippen LogP contribution in [0.3, 0.4) is 0 Å². The molecule has 1 fully saturated rings. The summed E-state index contributed by atoms with van der Waals surface area (Å²) in [6.45, 7) is 2.88. The third-order valence-electron chi connectivity index (χ3n) is 3.66. The second kappa shape index (κ2) is 5.81. The molecule has 1 N–H and O–H groups in total. The first-order valence-corrected chi connectivity index (χ1v) is 7.36. The number of nitrogens with one attached hydrogen (secondary N) is 1. The second-order valence-corrected chi connectivity index (χ2v) is 5.42. The van der Waals surface area contributed by atoms with E-state index in [-0.39, 0.29) is 6.10 Å². The van der Waals surface area contributed by atoms with E-state index in [4.69, 9.17) is 9.72 Å². The van der Waals surface area contributed by atoms with E-state index >= 15 is 0 Å². The Bertz CT molecular complexity index is 620. The minimum absolute atomic E-state index is 0.0148. The van der Waals surface area contributed by atoms with Crippen LogP contribution < -0.4 is 5.32 Å². The number of rotatable bonds is 6. The molecule has 0 aromatic carbocycles. The molecule has 2 aromatic rings. The maximum absolute atomic E-state index is 5.62. The Balaban J connectivity index is 2.00. The van der Waals surface area contributed by atoms with Gasteiger partial charge in [-0.15, -0.1) is 0 Å². The van der Waals surface area contributed by atoms with Gasteiger partial charge in [-0.2, -0.15) is 5.10 Å². The van der Waals surface area contributed by atoms with Gasteiger partial charge in [0.15, 0.2) is 5.82 Å². The Kier molecular flexibility index (Phi) is 3.88. The summed E-state index contributed by atoms with van der Waals surface area (Å²) in [6.07, 6.45) is 6.14. The van der Waals surface area contributed by atoms with Crippen LogP contribution in [0, 0.1) is 5.92 Å². The zero-order valence-electron chi connectivity index (χ0n) is 12.7. The van der Waals surface area contributed by atoms with E-state index in [0.29, 0.717) is 5.92 Å². The summed E-state index contributed by atoms with van der Waals surface area (Å²) in [5, 5.41) is 7.48. The average molecular weight is 287 g/mol. The Morgan fingerprint density at radius 2 is 2.24 bits per heavy atom. The molecule has 1 aliphatic carbocycles. The van der Waals surface area contributed by atoms with Gasteiger partial charge in [0.05, 0.1) is 11.9 Å². The van der Waals surface area contributed by atoms with Crippen molar-refractivity contribution in [2.24, 2.45) is 13.0 Å². The van der Waals surface area contributed by atoms with Crippen LogP contribution in [0.1, 0.15) is 31.7 Å². The maximum Gasteiger partial charge on any atom is 0.160 e. The minimum atomic E-state index is -0.0148. The van der Waals surface area contributed by atoms with Crippen LogP contribution in [0.2, 0.25) is 0 Å². The zero-order valence-corrected chi connectivity index (χ0v) is 12.7. The third kappa shape index (κ3) is 3.05. The van der Waals surface area contributed by atoms with Crippen molar-refractivity contribution in [3.05, 3.63) is 24.3 Å². The molecule has 0 radical (unpaired) electrons. The van der Waals surface area contributed by atoms with E-state index < -0.39 is 0 Å². The Morgan fingerprint density at radius 1 is 1.43 bits per heavy atom. The van der Waals surface area contributed by atoms with Gasteiger partial charge >= 0.3 is 0 Å². The van der Waals surface area contributed by atoms with Gasteiger partial charge in [-0.25, -0.2) is 9.97 Å². The van der Waals surface area contributed by atoms with E-state index in [9.17, 15) is 0 Å². The maximum atomic E-state index is 5.62. The molecule has 6 heteroatoms. The Labute approximate surface area is 124 Å². The predicted molar refractivity (Wildman–Crippen MR) is 80.9 cm³/mol. The summed E-state index contributed by atoms with van der Waals surface area (Å²) in [5.41, 5.74) is 1.87. The molecule has 1 saturated carbocycles. The van der Waals surface area contributed by atoms with Crippen molar-refractivity contribution in [2.75, 3.05) is 19.0 Å². The van der Waals surface area contributed by atoms with Gasteiger partial charge in [-0.3, -0.25) is 4.68 Å². The highest BCUT2D eigenvalue weighted by molar-refractivity contribution is 5.61.